The third-order valence-corrected chi connectivity index (χ3v) is 5.05. The molecule has 0 spiro atoms. The molecule has 2 amide bonds. The van der Waals surface area contributed by atoms with Gasteiger partial charge >= 0.3 is 0 Å². The number of carbonyl (C=O) groups is 2. The Bertz CT molecular complexity index is 358. The first-order chi connectivity index (χ1) is 9.16. The van der Waals surface area contributed by atoms with Crippen LogP contribution in [0.1, 0.15) is 51.9 Å². The molecule has 3 rings (SSSR count). The van der Waals surface area contributed by atoms with E-state index in [2.05, 4.69) is 12.2 Å². The molecule has 1 saturated carbocycles. The van der Waals surface area contributed by atoms with Crippen LogP contribution in [-0.4, -0.2) is 35.3 Å². The van der Waals surface area contributed by atoms with Crippen LogP contribution in [0.4, 0.5) is 0 Å². The summed E-state index contributed by atoms with van der Waals surface area (Å²) in [6, 6.07) is 0.811. The summed E-state index contributed by atoms with van der Waals surface area (Å²) in [7, 11) is 0. The molecule has 4 nitrogen and oxygen atoms in total. The van der Waals surface area contributed by atoms with Crippen molar-refractivity contribution in [1.29, 1.82) is 0 Å². The average molecular weight is 264 g/mol. The zero-order valence-electron chi connectivity index (χ0n) is 11.7. The molecule has 0 aromatic carbocycles. The van der Waals surface area contributed by atoms with Crippen molar-refractivity contribution in [2.45, 2.75) is 64.0 Å². The van der Waals surface area contributed by atoms with E-state index in [0.29, 0.717) is 18.6 Å². The Morgan fingerprint density at radius 3 is 2.21 bits per heavy atom. The third kappa shape index (κ3) is 2.42. The molecule has 2 saturated heterocycles. The Kier molecular flexibility index (Phi) is 3.61. The highest BCUT2D eigenvalue weighted by Gasteiger charge is 2.48. The molecule has 3 fully saturated rings. The van der Waals surface area contributed by atoms with Gasteiger partial charge in [-0.25, -0.2) is 0 Å². The first-order valence-corrected chi connectivity index (χ1v) is 7.78. The van der Waals surface area contributed by atoms with Crippen molar-refractivity contribution in [3.05, 3.63) is 0 Å². The van der Waals surface area contributed by atoms with Crippen LogP contribution in [0.5, 0.6) is 0 Å². The van der Waals surface area contributed by atoms with Crippen molar-refractivity contribution in [2.24, 2.45) is 11.8 Å². The molecule has 0 aromatic heterocycles. The van der Waals surface area contributed by atoms with Crippen LogP contribution in [0, 0.1) is 11.8 Å². The largest absolute Gasteiger partial charge is 0.310 e. The lowest BCUT2D eigenvalue weighted by Gasteiger charge is -2.31. The van der Waals surface area contributed by atoms with Crippen molar-refractivity contribution < 1.29 is 9.59 Å². The van der Waals surface area contributed by atoms with E-state index >= 15 is 0 Å². The average Bonchev–Trinajstić information content (AvgIpc) is 2.65. The van der Waals surface area contributed by atoms with Crippen LogP contribution >= 0.6 is 0 Å². The van der Waals surface area contributed by atoms with Crippen molar-refractivity contribution in [1.82, 2.24) is 10.2 Å². The van der Waals surface area contributed by atoms with Crippen LogP contribution in [0.3, 0.4) is 0 Å². The molecule has 4 heteroatoms. The number of fused-ring (bicyclic) bond motifs is 1. The van der Waals surface area contributed by atoms with Gasteiger partial charge in [-0.2, -0.15) is 0 Å². The maximum absolute atomic E-state index is 12.4. The number of piperidine rings is 1. The lowest BCUT2D eigenvalue weighted by atomic mass is 9.81. The van der Waals surface area contributed by atoms with Crippen molar-refractivity contribution in [2.75, 3.05) is 6.54 Å². The smallest absolute Gasteiger partial charge is 0.233 e. The van der Waals surface area contributed by atoms with Gasteiger partial charge in [-0.05, 0) is 32.6 Å². The lowest BCUT2D eigenvalue weighted by Crippen LogP contribution is -2.49. The molecular formula is C15H24N2O2. The summed E-state index contributed by atoms with van der Waals surface area (Å²) in [5.41, 5.74) is 0. The highest BCUT2D eigenvalue weighted by Crippen LogP contribution is 2.38. The van der Waals surface area contributed by atoms with Crippen molar-refractivity contribution in [3.63, 3.8) is 0 Å². The van der Waals surface area contributed by atoms with E-state index in [0.717, 1.165) is 32.1 Å². The Morgan fingerprint density at radius 2 is 1.63 bits per heavy atom. The molecule has 4 atom stereocenters. The van der Waals surface area contributed by atoms with Gasteiger partial charge in [0.2, 0.25) is 11.8 Å². The molecule has 19 heavy (non-hydrogen) atoms. The van der Waals surface area contributed by atoms with Gasteiger partial charge in [-0.1, -0.05) is 19.3 Å². The second-order valence-electron chi connectivity index (χ2n) is 6.48. The summed E-state index contributed by atoms with van der Waals surface area (Å²) in [6.45, 7) is 2.77. The topological polar surface area (TPSA) is 49.4 Å². The van der Waals surface area contributed by atoms with Gasteiger partial charge in [0.15, 0.2) is 0 Å². The van der Waals surface area contributed by atoms with E-state index in [1.54, 1.807) is 4.90 Å². The molecule has 0 radical (unpaired) electrons. The van der Waals surface area contributed by atoms with Gasteiger partial charge < -0.3 is 5.32 Å². The Hall–Kier alpha value is -0.900. The third-order valence-electron chi connectivity index (χ3n) is 5.05. The van der Waals surface area contributed by atoms with E-state index in [1.807, 2.05) is 0 Å². The SMILES string of the molecule is CC1CCCC(CN2C(=O)C3CCCCC3C2=O)N1. The van der Waals surface area contributed by atoms with Crippen LogP contribution in [-0.2, 0) is 9.59 Å². The number of nitrogens with zero attached hydrogens (tertiary/aromatic N) is 1. The van der Waals surface area contributed by atoms with Gasteiger partial charge in [-0.3, -0.25) is 14.5 Å². The van der Waals surface area contributed by atoms with Gasteiger partial charge in [-0.15, -0.1) is 0 Å². The predicted octanol–water partition coefficient (Wildman–Crippen LogP) is 1.69. The van der Waals surface area contributed by atoms with Crippen LogP contribution in [0.15, 0.2) is 0 Å². The van der Waals surface area contributed by atoms with E-state index in [4.69, 9.17) is 0 Å². The molecular weight excluding hydrogens is 240 g/mol. The lowest BCUT2D eigenvalue weighted by molar-refractivity contribution is -0.140. The first-order valence-electron chi connectivity index (χ1n) is 7.78. The number of rotatable bonds is 2. The van der Waals surface area contributed by atoms with Gasteiger partial charge in [0.05, 0.1) is 11.8 Å². The number of imide groups is 1. The summed E-state index contributed by atoms with van der Waals surface area (Å²) in [6.07, 6.45) is 7.52. The summed E-state index contributed by atoms with van der Waals surface area (Å²) < 4.78 is 0. The molecule has 3 aliphatic rings. The summed E-state index contributed by atoms with van der Waals surface area (Å²) in [5.74, 6) is 0.217. The number of hydrogen-bond acceptors (Lipinski definition) is 3. The molecule has 4 unspecified atom stereocenters. The predicted molar refractivity (Wildman–Crippen MR) is 72.4 cm³/mol. The van der Waals surface area contributed by atoms with E-state index in [1.165, 1.54) is 12.8 Å². The van der Waals surface area contributed by atoms with Gasteiger partial charge in [0, 0.05) is 18.6 Å². The Morgan fingerprint density at radius 1 is 1.00 bits per heavy atom. The number of amides is 2. The van der Waals surface area contributed by atoms with E-state index in [9.17, 15) is 9.59 Å². The molecule has 2 heterocycles. The van der Waals surface area contributed by atoms with Gasteiger partial charge in [0.25, 0.3) is 0 Å². The molecule has 106 valence electrons. The Labute approximate surface area is 114 Å². The van der Waals surface area contributed by atoms with E-state index < -0.39 is 0 Å². The summed E-state index contributed by atoms with van der Waals surface area (Å²) in [5, 5.41) is 3.52. The highest BCUT2D eigenvalue weighted by molar-refractivity contribution is 6.05. The second-order valence-corrected chi connectivity index (χ2v) is 6.48. The normalized spacial score (nSPS) is 39.5. The zero-order valence-corrected chi connectivity index (χ0v) is 11.7. The van der Waals surface area contributed by atoms with Crippen LogP contribution in [0.25, 0.3) is 0 Å². The summed E-state index contributed by atoms with van der Waals surface area (Å²) >= 11 is 0. The molecule has 2 aliphatic heterocycles. The maximum atomic E-state index is 12.4. The van der Waals surface area contributed by atoms with E-state index in [-0.39, 0.29) is 23.7 Å². The minimum Gasteiger partial charge on any atom is -0.310 e. The van der Waals surface area contributed by atoms with Crippen molar-refractivity contribution >= 4 is 11.8 Å². The molecule has 0 aromatic rings. The summed E-state index contributed by atoms with van der Waals surface area (Å²) in [4.78, 5) is 26.3. The minimum atomic E-state index is 0.00210. The molecule has 1 N–H and O–H groups in total. The molecule has 1 aliphatic carbocycles. The fraction of sp³-hybridized carbons (Fsp3) is 0.867. The number of carbonyl (C=O) groups excluding carboxylic acids is 2. The maximum Gasteiger partial charge on any atom is 0.233 e. The fourth-order valence-corrected chi connectivity index (χ4v) is 4.01. The quantitative estimate of drug-likeness (QED) is 0.772. The van der Waals surface area contributed by atoms with Gasteiger partial charge in [0.1, 0.15) is 0 Å². The highest BCUT2D eigenvalue weighted by atomic mass is 16.2. The monoisotopic (exact) mass is 264 g/mol. The minimum absolute atomic E-state index is 0.00210. The number of nitrogens with one attached hydrogen (secondary N) is 1. The van der Waals surface area contributed by atoms with Crippen LogP contribution < -0.4 is 5.32 Å². The fourth-order valence-electron chi connectivity index (χ4n) is 4.01. The number of hydrogen-bond donors (Lipinski definition) is 1. The first kappa shape index (κ1) is 13.1. The number of likely N-dealkylation sites (tertiary alicyclic amines) is 1. The standard InChI is InChI=1S/C15H24N2O2/c1-10-5-4-6-11(16-10)9-17-14(18)12-7-2-3-8-13(12)15(17)19/h10-13,16H,2-9H2,1H3. The molecule has 0 bridgehead atoms. The second kappa shape index (κ2) is 5.23. The zero-order chi connectivity index (χ0) is 13.4. The Balaban J connectivity index is 1.67. The van der Waals surface area contributed by atoms with Crippen LogP contribution in [0.2, 0.25) is 0 Å². The van der Waals surface area contributed by atoms with Crippen molar-refractivity contribution in [3.8, 4) is 0 Å².